The summed E-state index contributed by atoms with van der Waals surface area (Å²) in [4.78, 5) is 16.6. The standard InChI is InChI=1S/C18H35N3O2/c1-14(2)21-10-6-7-15(12-21)11-19-18(23)20(3)13-16-8-4-5-9-17(16)22/h14-17,22H,4-13H2,1-3H3,(H,19,23). The molecule has 2 amide bonds. The number of hydrogen-bond acceptors (Lipinski definition) is 3. The van der Waals surface area contributed by atoms with Crippen LogP contribution in [0.1, 0.15) is 52.4 Å². The number of nitrogens with zero attached hydrogens (tertiary/aromatic N) is 2. The second kappa shape index (κ2) is 8.88. The van der Waals surface area contributed by atoms with Crippen LogP contribution >= 0.6 is 0 Å². The molecular weight excluding hydrogens is 290 g/mol. The minimum Gasteiger partial charge on any atom is -0.393 e. The van der Waals surface area contributed by atoms with Crippen molar-refractivity contribution in [3.05, 3.63) is 0 Å². The van der Waals surface area contributed by atoms with Crippen LogP contribution in [0.25, 0.3) is 0 Å². The number of rotatable bonds is 5. The van der Waals surface area contributed by atoms with Crippen molar-refractivity contribution in [1.29, 1.82) is 0 Å². The fourth-order valence-corrected chi connectivity index (χ4v) is 3.94. The van der Waals surface area contributed by atoms with Crippen LogP contribution in [-0.4, -0.2) is 66.3 Å². The lowest BCUT2D eigenvalue weighted by Gasteiger charge is -2.36. The molecule has 2 aliphatic rings. The van der Waals surface area contributed by atoms with Crippen LogP contribution in [-0.2, 0) is 0 Å². The summed E-state index contributed by atoms with van der Waals surface area (Å²) in [6.07, 6.45) is 6.39. The number of aliphatic hydroxyl groups excluding tert-OH is 1. The van der Waals surface area contributed by atoms with Gasteiger partial charge in [0.25, 0.3) is 0 Å². The first-order valence-corrected chi connectivity index (χ1v) is 9.38. The summed E-state index contributed by atoms with van der Waals surface area (Å²) >= 11 is 0. The maximum absolute atomic E-state index is 12.3. The summed E-state index contributed by atoms with van der Waals surface area (Å²) in [6.45, 7) is 8.18. The smallest absolute Gasteiger partial charge is 0.317 e. The Bertz CT molecular complexity index is 375. The molecule has 0 spiro atoms. The SMILES string of the molecule is CC(C)N1CCCC(CNC(=O)N(C)CC2CCCCC2O)C1. The summed E-state index contributed by atoms with van der Waals surface area (Å²) in [7, 11) is 1.85. The highest BCUT2D eigenvalue weighted by molar-refractivity contribution is 5.73. The van der Waals surface area contributed by atoms with E-state index in [1.165, 1.54) is 25.8 Å². The molecule has 2 N–H and O–H groups in total. The molecule has 0 radical (unpaired) electrons. The molecule has 0 aromatic heterocycles. The van der Waals surface area contributed by atoms with Crippen molar-refractivity contribution >= 4 is 6.03 Å². The van der Waals surface area contributed by atoms with Crippen molar-refractivity contribution in [2.24, 2.45) is 11.8 Å². The Balaban J connectivity index is 1.71. The highest BCUT2D eigenvalue weighted by Gasteiger charge is 2.26. The Labute approximate surface area is 141 Å². The monoisotopic (exact) mass is 325 g/mol. The van der Waals surface area contributed by atoms with Gasteiger partial charge in [0, 0.05) is 38.6 Å². The van der Waals surface area contributed by atoms with Gasteiger partial charge in [-0.25, -0.2) is 4.79 Å². The van der Waals surface area contributed by atoms with Gasteiger partial charge in [0.2, 0.25) is 0 Å². The second-order valence-electron chi connectivity index (χ2n) is 7.78. The van der Waals surface area contributed by atoms with Gasteiger partial charge >= 0.3 is 6.03 Å². The van der Waals surface area contributed by atoms with Crippen LogP contribution in [0.4, 0.5) is 4.79 Å². The molecule has 1 saturated heterocycles. The lowest BCUT2D eigenvalue weighted by Crippen LogP contribution is -2.47. The van der Waals surface area contributed by atoms with E-state index in [1.54, 1.807) is 4.90 Å². The van der Waals surface area contributed by atoms with Gasteiger partial charge in [0.15, 0.2) is 0 Å². The third-order valence-electron chi connectivity index (χ3n) is 5.55. The van der Waals surface area contributed by atoms with Crippen LogP contribution in [0.3, 0.4) is 0 Å². The number of aliphatic hydroxyl groups is 1. The number of likely N-dealkylation sites (tertiary alicyclic amines) is 1. The average Bonchev–Trinajstić information content (AvgIpc) is 2.55. The van der Waals surface area contributed by atoms with E-state index in [4.69, 9.17) is 0 Å². The van der Waals surface area contributed by atoms with Gasteiger partial charge in [-0.15, -0.1) is 0 Å². The van der Waals surface area contributed by atoms with Gasteiger partial charge in [0.05, 0.1) is 6.10 Å². The van der Waals surface area contributed by atoms with Crippen molar-refractivity contribution in [2.75, 3.05) is 33.2 Å². The Hall–Kier alpha value is -0.810. The highest BCUT2D eigenvalue weighted by Crippen LogP contribution is 2.25. The zero-order valence-electron chi connectivity index (χ0n) is 15.1. The number of carbonyl (C=O) groups excluding carboxylic acids is 1. The quantitative estimate of drug-likeness (QED) is 0.815. The fraction of sp³-hybridized carbons (Fsp3) is 0.944. The van der Waals surface area contributed by atoms with Crippen LogP contribution in [0, 0.1) is 11.8 Å². The van der Waals surface area contributed by atoms with E-state index in [9.17, 15) is 9.90 Å². The zero-order chi connectivity index (χ0) is 16.8. The van der Waals surface area contributed by atoms with Gasteiger partial charge in [-0.1, -0.05) is 12.8 Å². The van der Waals surface area contributed by atoms with Crippen LogP contribution in [0.5, 0.6) is 0 Å². The number of piperidine rings is 1. The van der Waals surface area contributed by atoms with E-state index in [2.05, 4.69) is 24.1 Å². The summed E-state index contributed by atoms with van der Waals surface area (Å²) in [5, 5.41) is 13.1. The van der Waals surface area contributed by atoms with Crippen molar-refractivity contribution in [2.45, 2.75) is 64.5 Å². The van der Waals surface area contributed by atoms with E-state index in [0.717, 1.165) is 32.4 Å². The van der Waals surface area contributed by atoms with Gasteiger partial charge in [-0.3, -0.25) is 0 Å². The number of hydrogen-bond donors (Lipinski definition) is 2. The molecule has 2 rings (SSSR count). The normalized spacial score (nSPS) is 29.5. The van der Waals surface area contributed by atoms with E-state index in [0.29, 0.717) is 18.5 Å². The molecule has 1 heterocycles. The molecule has 0 aromatic rings. The molecule has 0 bridgehead atoms. The Morgan fingerprint density at radius 1 is 1.26 bits per heavy atom. The Morgan fingerprint density at radius 2 is 2.00 bits per heavy atom. The zero-order valence-corrected chi connectivity index (χ0v) is 15.1. The number of amides is 2. The number of carbonyl (C=O) groups is 1. The van der Waals surface area contributed by atoms with E-state index >= 15 is 0 Å². The van der Waals surface area contributed by atoms with E-state index in [1.807, 2.05) is 7.05 Å². The van der Waals surface area contributed by atoms with Crippen molar-refractivity contribution in [3.63, 3.8) is 0 Å². The van der Waals surface area contributed by atoms with E-state index in [-0.39, 0.29) is 18.1 Å². The van der Waals surface area contributed by atoms with Crippen molar-refractivity contribution in [1.82, 2.24) is 15.1 Å². The molecular formula is C18H35N3O2. The summed E-state index contributed by atoms with van der Waals surface area (Å²) in [6, 6.07) is 0.591. The van der Waals surface area contributed by atoms with Crippen LogP contribution in [0.15, 0.2) is 0 Å². The maximum Gasteiger partial charge on any atom is 0.317 e. The minimum atomic E-state index is -0.239. The van der Waals surface area contributed by atoms with Gasteiger partial charge in [-0.2, -0.15) is 0 Å². The molecule has 3 unspecified atom stereocenters. The number of nitrogens with one attached hydrogen (secondary N) is 1. The molecule has 3 atom stereocenters. The first-order valence-electron chi connectivity index (χ1n) is 9.38. The molecule has 5 heteroatoms. The molecule has 1 aliphatic carbocycles. The third kappa shape index (κ3) is 5.64. The molecule has 134 valence electrons. The lowest BCUT2D eigenvalue weighted by molar-refractivity contribution is 0.0562. The molecule has 5 nitrogen and oxygen atoms in total. The summed E-state index contributed by atoms with van der Waals surface area (Å²) < 4.78 is 0. The topological polar surface area (TPSA) is 55.8 Å². The van der Waals surface area contributed by atoms with Crippen LogP contribution in [0.2, 0.25) is 0 Å². The van der Waals surface area contributed by atoms with Gasteiger partial charge in [0.1, 0.15) is 0 Å². The molecule has 0 aromatic carbocycles. The Kier molecular flexibility index (Phi) is 7.15. The highest BCUT2D eigenvalue weighted by atomic mass is 16.3. The first-order chi connectivity index (χ1) is 11.0. The predicted octanol–water partition coefficient (Wildman–Crippen LogP) is 2.30. The van der Waals surface area contributed by atoms with Crippen LogP contribution < -0.4 is 5.32 Å². The van der Waals surface area contributed by atoms with Gasteiger partial charge in [-0.05, 0) is 52.0 Å². The summed E-state index contributed by atoms with van der Waals surface area (Å²) in [5.74, 6) is 0.800. The van der Waals surface area contributed by atoms with Gasteiger partial charge < -0.3 is 20.2 Å². The minimum absolute atomic E-state index is 0.00411. The largest absolute Gasteiger partial charge is 0.393 e. The Morgan fingerprint density at radius 3 is 2.70 bits per heavy atom. The van der Waals surface area contributed by atoms with Crippen molar-refractivity contribution in [3.8, 4) is 0 Å². The molecule has 2 fully saturated rings. The fourth-order valence-electron chi connectivity index (χ4n) is 3.94. The number of urea groups is 1. The third-order valence-corrected chi connectivity index (χ3v) is 5.55. The first kappa shape index (κ1) is 18.5. The maximum atomic E-state index is 12.3. The average molecular weight is 325 g/mol. The van der Waals surface area contributed by atoms with Crippen molar-refractivity contribution < 1.29 is 9.90 Å². The lowest BCUT2D eigenvalue weighted by atomic mass is 9.86. The molecule has 1 saturated carbocycles. The molecule has 1 aliphatic heterocycles. The van der Waals surface area contributed by atoms with E-state index < -0.39 is 0 Å². The predicted molar refractivity (Wildman–Crippen MR) is 93.4 cm³/mol. The molecule has 23 heavy (non-hydrogen) atoms. The summed E-state index contributed by atoms with van der Waals surface area (Å²) in [5.41, 5.74) is 0. The second-order valence-corrected chi connectivity index (χ2v) is 7.78.